The van der Waals surface area contributed by atoms with E-state index in [2.05, 4.69) is 9.88 Å². The molecule has 1 fully saturated rings. The third-order valence-corrected chi connectivity index (χ3v) is 9.64. The van der Waals surface area contributed by atoms with Crippen molar-refractivity contribution < 1.29 is 21.6 Å². The lowest BCUT2D eigenvalue weighted by atomic mass is 10.1. The molecule has 0 aliphatic carbocycles. The van der Waals surface area contributed by atoms with E-state index in [4.69, 9.17) is 0 Å². The van der Waals surface area contributed by atoms with Crippen LogP contribution in [0.5, 0.6) is 0 Å². The Kier molecular flexibility index (Phi) is 6.47. The number of carbonyl (C=O) groups excluding carboxylic acids is 1. The van der Waals surface area contributed by atoms with E-state index in [0.717, 1.165) is 20.9 Å². The molecule has 2 aromatic carbocycles. The smallest absolute Gasteiger partial charge is 0.227 e. The summed E-state index contributed by atoms with van der Waals surface area (Å²) in [5.41, 5.74) is 1.54. The highest BCUT2D eigenvalue weighted by Crippen LogP contribution is 2.31. The van der Waals surface area contributed by atoms with Crippen LogP contribution >= 0.6 is 11.3 Å². The van der Waals surface area contributed by atoms with E-state index >= 15 is 0 Å². The highest BCUT2D eigenvalue weighted by Gasteiger charge is 2.23. The number of thiazole rings is 1. The van der Waals surface area contributed by atoms with Gasteiger partial charge in [0.1, 0.15) is 0 Å². The van der Waals surface area contributed by atoms with E-state index in [0.29, 0.717) is 26.2 Å². The molecule has 0 saturated carbocycles. The van der Waals surface area contributed by atoms with Crippen LogP contribution in [0.2, 0.25) is 0 Å². The van der Waals surface area contributed by atoms with Gasteiger partial charge in [-0.05, 0) is 35.9 Å². The average molecular weight is 508 g/mol. The number of fused-ring (bicyclic) bond motifs is 1. The average Bonchev–Trinajstić information content (AvgIpc) is 3.22. The number of nitrogens with zero attached hydrogens (tertiary/aromatic N) is 3. The first-order valence-electron chi connectivity index (χ1n) is 10.5. The van der Waals surface area contributed by atoms with E-state index in [9.17, 15) is 21.6 Å². The van der Waals surface area contributed by atoms with Crippen molar-refractivity contribution in [3.63, 3.8) is 0 Å². The maximum atomic E-state index is 12.7. The number of carbonyl (C=O) groups is 1. The van der Waals surface area contributed by atoms with Crippen molar-refractivity contribution in [1.29, 1.82) is 0 Å². The molecule has 176 valence electrons. The Bertz CT molecular complexity index is 1390. The van der Waals surface area contributed by atoms with Gasteiger partial charge in [-0.25, -0.2) is 21.8 Å². The molecule has 0 N–H and O–H groups in total. The zero-order chi connectivity index (χ0) is 23.8. The van der Waals surface area contributed by atoms with Gasteiger partial charge in [-0.2, -0.15) is 0 Å². The van der Waals surface area contributed by atoms with Crippen LogP contribution in [0.1, 0.15) is 12.5 Å². The predicted molar refractivity (Wildman–Crippen MR) is 129 cm³/mol. The Balaban J connectivity index is 1.38. The van der Waals surface area contributed by atoms with Gasteiger partial charge in [0.25, 0.3) is 0 Å². The Labute approximate surface area is 197 Å². The minimum atomic E-state index is -3.27. The van der Waals surface area contributed by atoms with Crippen molar-refractivity contribution in [3.05, 3.63) is 48.0 Å². The molecule has 3 aromatic rings. The molecular weight excluding hydrogens is 482 g/mol. The molecule has 0 spiro atoms. The van der Waals surface area contributed by atoms with Crippen LogP contribution in [-0.4, -0.2) is 70.8 Å². The molecule has 1 aliphatic rings. The highest BCUT2D eigenvalue weighted by molar-refractivity contribution is 7.91. The molecular formula is C22H25N3O5S3. The first-order valence-corrected chi connectivity index (χ1v) is 14.9. The zero-order valence-corrected chi connectivity index (χ0v) is 20.8. The molecule has 1 aliphatic heterocycles. The second-order valence-electron chi connectivity index (χ2n) is 7.99. The summed E-state index contributed by atoms with van der Waals surface area (Å²) in [6.45, 7) is 4.00. The SMILES string of the molecule is CCS(=O)(=O)c1ccc(CC(=O)N2CCN(c3nc4ccc(S(C)(=O)=O)cc4s3)CC2)cc1. The van der Waals surface area contributed by atoms with Gasteiger partial charge in [0.05, 0.1) is 32.2 Å². The summed E-state index contributed by atoms with van der Waals surface area (Å²) in [6.07, 6.45) is 1.41. The van der Waals surface area contributed by atoms with Crippen LogP contribution in [0.4, 0.5) is 5.13 Å². The molecule has 2 heterocycles. The van der Waals surface area contributed by atoms with Crippen molar-refractivity contribution >= 4 is 52.3 Å². The molecule has 33 heavy (non-hydrogen) atoms. The maximum Gasteiger partial charge on any atom is 0.227 e. The van der Waals surface area contributed by atoms with Crippen molar-refractivity contribution in [1.82, 2.24) is 9.88 Å². The van der Waals surface area contributed by atoms with Gasteiger partial charge in [0.2, 0.25) is 5.91 Å². The minimum Gasteiger partial charge on any atom is -0.345 e. The van der Waals surface area contributed by atoms with Crippen LogP contribution < -0.4 is 4.90 Å². The fraction of sp³-hybridized carbons (Fsp3) is 0.364. The third kappa shape index (κ3) is 5.20. The second kappa shape index (κ2) is 9.03. The van der Waals surface area contributed by atoms with Crippen LogP contribution in [-0.2, 0) is 30.9 Å². The van der Waals surface area contributed by atoms with Gasteiger partial charge in [-0.1, -0.05) is 30.4 Å². The Morgan fingerprint density at radius 2 is 1.61 bits per heavy atom. The number of anilines is 1. The summed E-state index contributed by atoms with van der Waals surface area (Å²) < 4.78 is 48.3. The number of amides is 1. The number of benzene rings is 2. The fourth-order valence-corrected chi connectivity index (χ4v) is 6.34. The van der Waals surface area contributed by atoms with Crippen molar-refractivity contribution in [3.8, 4) is 0 Å². The number of rotatable bonds is 6. The molecule has 0 bridgehead atoms. The lowest BCUT2D eigenvalue weighted by Crippen LogP contribution is -2.49. The summed E-state index contributed by atoms with van der Waals surface area (Å²) >= 11 is 1.45. The van der Waals surface area contributed by atoms with Gasteiger partial charge in [0, 0.05) is 32.4 Å². The molecule has 1 saturated heterocycles. The van der Waals surface area contributed by atoms with Crippen LogP contribution in [0, 0.1) is 0 Å². The predicted octanol–water partition coefficient (Wildman–Crippen LogP) is 2.38. The molecule has 8 nitrogen and oxygen atoms in total. The molecule has 0 radical (unpaired) electrons. The minimum absolute atomic E-state index is 0.00263. The normalized spacial score (nSPS) is 15.2. The largest absolute Gasteiger partial charge is 0.345 e. The Hall–Kier alpha value is -2.50. The second-order valence-corrected chi connectivity index (χ2v) is 13.3. The molecule has 11 heteroatoms. The highest BCUT2D eigenvalue weighted by atomic mass is 32.2. The lowest BCUT2D eigenvalue weighted by molar-refractivity contribution is -0.130. The lowest BCUT2D eigenvalue weighted by Gasteiger charge is -2.34. The topological polar surface area (TPSA) is 105 Å². The summed E-state index contributed by atoms with van der Waals surface area (Å²) in [5.74, 6) is 0.0474. The zero-order valence-electron chi connectivity index (χ0n) is 18.4. The first-order chi connectivity index (χ1) is 15.6. The molecule has 1 aromatic heterocycles. The standard InChI is InChI=1S/C22H25N3O5S3/c1-3-33(29,30)17-6-4-16(5-7-17)14-21(26)24-10-12-25(13-11-24)22-23-19-9-8-18(32(2,27)28)15-20(19)31-22/h4-9,15H,3,10-14H2,1-2H3. The van der Waals surface area contributed by atoms with Crippen molar-refractivity contribution in [2.75, 3.05) is 43.1 Å². The van der Waals surface area contributed by atoms with Gasteiger partial charge >= 0.3 is 0 Å². The number of piperazine rings is 1. The molecule has 0 atom stereocenters. The quantitative estimate of drug-likeness (QED) is 0.504. The molecule has 4 rings (SSSR count). The maximum absolute atomic E-state index is 12.7. The molecule has 0 unspecified atom stereocenters. The van der Waals surface area contributed by atoms with E-state index in [-0.39, 0.29) is 27.9 Å². The van der Waals surface area contributed by atoms with Crippen LogP contribution in [0.25, 0.3) is 10.2 Å². The van der Waals surface area contributed by atoms with E-state index in [1.165, 1.54) is 17.6 Å². The number of hydrogen-bond acceptors (Lipinski definition) is 8. The first kappa shape index (κ1) is 23.7. The molecule has 1 amide bonds. The van der Waals surface area contributed by atoms with E-state index in [1.54, 1.807) is 49.4 Å². The van der Waals surface area contributed by atoms with Gasteiger partial charge in [-0.3, -0.25) is 4.79 Å². The summed E-state index contributed by atoms with van der Waals surface area (Å²) in [6, 6.07) is 11.5. The Morgan fingerprint density at radius 1 is 0.970 bits per heavy atom. The van der Waals surface area contributed by atoms with Gasteiger partial charge in [-0.15, -0.1) is 0 Å². The van der Waals surface area contributed by atoms with Gasteiger partial charge < -0.3 is 9.80 Å². The van der Waals surface area contributed by atoms with Crippen molar-refractivity contribution in [2.24, 2.45) is 0 Å². The number of sulfone groups is 2. The van der Waals surface area contributed by atoms with Gasteiger partial charge in [0.15, 0.2) is 24.8 Å². The van der Waals surface area contributed by atoms with Crippen LogP contribution in [0.3, 0.4) is 0 Å². The summed E-state index contributed by atoms with van der Waals surface area (Å²) in [5, 5.41) is 0.815. The summed E-state index contributed by atoms with van der Waals surface area (Å²) in [4.78, 5) is 21.8. The summed E-state index contributed by atoms with van der Waals surface area (Å²) in [7, 11) is -6.52. The van der Waals surface area contributed by atoms with Crippen LogP contribution in [0.15, 0.2) is 52.3 Å². The Morgan fingerprint density at radius 3 is 2.21 bits per heavy atom. The van der Waals surface area contributed by atoms with Crippen molar-refractivity contribution in [2.45, 2.75) is 23.1 Å². The number of hydrogen-bond donors (Lipinski definition) is 0. The van der Waals surface area contributed by atoms with E-state index in [1.807, 2.05) is 4.90 Å². The fourth-order valence-electron chi connectivity index (χ4n) is 3.67. The monoisotopic (exact) mass is 507 g/mol. The third-order valence-electron chi connectivity index (χ3n) is 5.70. The van der Waals surface area contributed by atoms with E-state index < -0.39 is 19.7 Å². The number of aromatic nitrogens is 1.